The minimum Gasteiger partial charge on any atom is -0.497 e. The summed E-state index contributed by atoms with van der Waals surface area (Å²) >= 11 is 0. The van der Waals surface area contributed by atoms with Crippen molar-refractivity contribution in [3.63, 3.8) is 0 Å². The van der Waals surface area contributed by atoms with Gasteiger partial charge >= 0.3 is 5.97 Å². The van der Waals surface area contributed by atoms with Crippen LogP contribution < -0.4 is 15.2 Å². The third kappa shape index (κ3) is 4.35. The molecule has 2 atom stereocenters. The number of carbonyl (C=O) groups excluding carboxylic acids is 1. The molecule has 0 aliphatic carbocycles. The number of anilines is 1. The number of methoxy groups -OCH3 is 3. The molecule has 1 aliphatic rings. The number of allylic oxidation sites excluding steroid dienone is 1. The van der Waals surface area contributed by atoms with Crippen LogP contribution in [0.4, 0.5) is 5.82 Å². The number of carbonyl (C=O) groups is 1. The second-order valence-corrected chi connectivity index (χ2v) is 7.87. The summed E-state index contributed by atoms with van der Waals surface area (Å²) in [6, 6.07) is 5.06. The Morgan fingerprint density at radius 3 is 2.53 bits per heavy atom. The average Bonchev–Trinajstić information content (AvgIpc) is 3.44. The van der Waals surface area contributed by atoms with E-state index in [9.17, 15) is 4.79 Å². The van der Waals surface area contributed by atoms with Crippen molar-refractivity contribution in [1.82, 2.24) is 19.4 Å². The van der Waals surface area contributed by atoms with Crippen LogP contribution >= 0.6 is 0 Å². The molecule has 1 aliphatic heterocycles. The van der Waals surface area contributed by atoms with Crippen molar-refractivity contribution >= 4 is 22.8 Å². The maximum Gasteiger partial charge on any atom is 0.328 e. The number of esters is 1. The Morgan fingerprint density at radius 2 is 1.88 bits per heavy atom. The van der Waals surface area contributed by atoms with Gasteiger partial charge in [0.2, 0.25) is 0 Å². The van der Waals surface area contributed by atoms with Gasteiger partial charge in [0.05, 0.1) is 38.3 Å². The first-order valence-corrected chi connectivity index (χ1v) is 10.8. The number of likely N-dealkylation sites (tertiary alicyclic amines) is 1. The zero-order valence-corrected chi connectivity index (χ0v) is 19.6. The highest BCUT2D eigenvalue weighted by Gasteiger charge is 2.37. The maximum absolute atomic E-state index is 12.4. The molecule has 1 fully saturated rings. The van der Waals surface area contributed by atoms with Gasteiger partial charge in [-0.25, -0.2) is 14.8 Å². The molecule has 2 N–H and O–H groups in total. The summed E-state index contributed by atoms with van der Waals surface area (Å²) in [6.45, 7) is 2.54. The fourth-order valence-corrected chi connectivity index (χ4v) is 4.26. The third-order valence-corrected chi connectivity index (χ3v) is 5.86. The number of aromatic nitrogens is 3. The number of nitrogens with two attached hydrogens (primary N) is 1. The number of rotatable bonds is 5. The van der Waals surface area contributed by atoms with Crippen molar-refractivity contribution in [2.24, 2.45) is 0 Å². The number of nitrogen functional groups attached to an aromatic ring is 1. The Kier molecular flexibility index (Phi) is 6.59. The Morgan fingerprint density at radius 1 is 1.15 bits per heavy atom. The number of benzene rings is 1. The number of fused-ring (bicyclic) bond motifs is 1. The topological polar surface area (TPSA) is 105 Å². The van der Waals surface area contributed by atoms with E-state index in [1.54, 1.807) is 20.3 Å². The summed E-state index contributed by atoms with van der Waals surface area (Å²) in [7, 11) is 4.60. The van der Waals surface area contributed by atoms with E-state index in [1.807, 2.05) is 47.0 Å². The van der Waals surface area contributed by atoms with Crippen LogP contribution in [-0.2, 0) is 9.53 Å². The summed E-state index contributed by atoms with van der Waals surface area (Å²) < 4.78 is 17.7. The van der Waals surface area contributed by atoms with Crippen molar-refractivity contribution in [3.8, 4) is 23.3 Å². The van der Waals surface area contributed by atoms with Gasteiger partial charge in [-0.15, -0.1) is 0 Å². The maximum atomic E-state index is 12.4. The van der Waals surface area contributed by atoms with Gasteiger partial charge in [-0.3, -0.25) is 0 Å². The molecule has 3 heterocycles. The van der Waals surface area contributed by atoms with Crippen LogP contribution in [-0.4, -0.2) is 59.3 Å². The predicted molar refractivity (Wildman–Crippen MR) is 128 cm³/mol. The highest BCUT2D eigenvalue weighted by Crippen LogP contribution is 2.34. The first kappa shape index (κ1) is 23.0. The van der Waals surface area contributed by atoms with E-state index in [-0.39, 0.29) is 18.1 Å². The first-order valence-electron chi connectivity index (χ1n) is 10.8. The highest BCUT2D eigenvalue weighted by atomic mass is 16.5. The van der Waals surface area contributed by atoms with E-state index in [0.29, 0.717) is 46.9 Å². The minimum atomic E-state index is -0.374. The SMILES string of the molecule is CC=CN1C[C@@H](n2cc(C#Cc3cc(OC)cc(OC)c3)c3c(N)ncnc32)C[C@H]1C(=O)OC. The summed E-state index contributed by atoms with van der Waals surface area (Å²) in [5.74, 6) is 7.77. The van der Waals surface area contributed by atoms with Gasteiger partial charge in [0.1, 0.15) is 35.3 Å². The molecule has 9 nitrogen and oxygen atoms in total. The lowest BCUT2D eigenvalue weighted by Gasteiger charge is -2.19. The van der Waals surface area contributed by atoms with Gasteiger partial charge < -0.3 is 29.4 Å². The Hall–Kier alpha value is -4.19. The third-order valence-electron chi connectivity index (χ3n) is 5.86. The van der Waals surface area contributed by atoms with E-state index < -0.39 is 0 Å². The molecule has 0 spiro atoms. The van der Waals surface area contributed by atoms with Crippen molar-refractivity contribution in [2.45, 2.75) is 25.4 Å². The van der Waals surface area contributed by atoms with Crippen LogP contribution in [0.3, 0.4) is 0 Å². The lowest BCUT2D eigenvalue weighted by Crippen LogP contribution is -2.32. The molecule has 2 aromatic heterocycles. The van der Waals surface area contributed by atoms with E-state index in [2.05, 4.69) is 21.8 Å². The molecule has 3 aromatic rings. The molecule has 0 unspecified atom stereocenters. The lowest BCUT2D eigenvalue weighted by molar-refractivity contribution is -0.145. The molecule has 4 rings (SSSR count). The number of hydrogen-bond acceptors (Lipinski definition) is 8. The second kappa shape index (κ2) is 9.75. The molecule has 34 heavy (non-hydrogen) atoms. The first-order chi connectivity index (χ1) is 16.5. The standard InChI is InChI=1S/C25H27N5O4/c1-5-8-29-14-18(11-21(29)25(31)34-4)30-13-17(22-23(26)27-15-28-24(22)30)7-6-16-9-19(32-2)12-20(10-16)33-3/h5,8-10,12-13,15,18,21H,11,14H2,1-4H3,(H2,26,27,28)/t18-,21-/m0/s1. The van der Waals surface area contributed by atoms with Gasteiger partial charge in [0.15, 0.2) is 0 Å². The van der Waals surface area contributed by atoms with E-state index in [4.69, 9.17) is 19.9 Å². The molecule has 0 amide bonds. The van der Waals surface area contributed by atoms with Crippen LogP contribution in [0.25, 0.3) is 11.0 Å². The van der Waals surface area contributed by atoms with E-state index >= 15 is 0 Å². The van der Waals surface area contributed by atoms with Crippen molar-refractivity contribution in [1.29, 1.82) is 0 Å². The molecule has 0 radical (unpaired) electrons. The van der Waals surface area contributed by atoms with Crippen LogP contribution in [0.15, 0.2) is 43.0 Å². The zero-order valence-electron chi connectivity index (χ0n) is 19.6. The van der Waals surface area contributed by atoms with Gasteiger partial charge in [-0.05, 0) is 25.3 Å². The van der Waals surface area contributed by atoms with Crippen LogP contribution in [0.1, 0.15) is 30.5 Å². The van der Waals surface area contributed by atoms with Gasteiger partial charge in [-0.1, -0.05) is 17.9 Å². The molecular formula is C25H27N5O4. The fourth-order valence-electron chi connectivity index (χ4n) is 4.26. The molecule has 176 valence electrons. The Bertz CT molecular complexity index is 1280. The number of hydrogen-bond donors (Lipinski definition) is 1. The highest BCUT2D eigenvalue weighted by molar-refractivity contribution is 5.92. The monoisotopic (exact) mass is 461 g/mol. The summed E-state index contributed by atoms with van der Waals surface area (Å²) in [6.07, 6.45) is 7.76. The largest absolute Gasteiger partial charge is 0.497 e. The lowest BCUT2D eigenvalue weighted by atomic mass is 10.1. The van der Waals surface area contributed by atoms with Crippen molar-refractivity contribution in [2.75, 3.05) is 33.6 Å². The number of nitrogens with zero attached hydrogens (tertiary/aromatic N) is 4. The minimum absolute atomic E-state index is 0.0236. The normalized spacial score (nSPS) is 17.6. The molecule has 9 heteroatoms. The average molecular weight is 462 g/mol. The molecule has 0 bridgehead atoms. The molecule has 1 saturated heterocycles. The number of ether oxygens (including phenoxy) is 3. The van der Waals surface area contributed by atoms with Crippen LogP contribution in [0, 0.1) is 11.8 Å². The predicted octanol–water partition coefficient (Wildman–Crippen LogP) is 2.75. The zero-order chi connectivity index (χ0) is 24.2. The second-order valence-electron chi connectivity index (χ2n) is 7.87. The summed E-state index contributed by atoms with van der Waals surface area (Å²) in [5.41, 5.74) is 8.35. The van der Waals surface area contributed by atoms with Gasteiger partial charge in [-0.2, -0.15) is 0 Å². The smallest absolute Gasteiger partial charge is 0.328 e. The van der Waals surface area contributed by atoms with Crippen LogP contribution in [0.2, 0.25) is 0 Å². The van der Waals surface area contributed by atoms with Crippen LogP contribution in [0.5, 0.6) is 11.5 Å². The van der Waals surface area contributed by atoms with E-state index in [1.165, 1.54) is 13.4 Å². The van der Waals surface area contributed by atoms with E-state index in [0.717, 1.165) is 5.56 Å². The Labute approximate surface area is 198 Å². The summed E-state index contributed by atoms with van der Waals surface area (Å²) in [5, 5.41) is 0.684. The molecular weight excluding hydrogens is 434 g/mol. The van der Waals surface area contributed by atoms with Gasteiger partial charge in [0, 0.05) is 30.8 Å². The fraction of sp³-hybridized carbons (Fsp3) is 0.320. The molecule has 1 aromatic carbocycles. The van der Waals surface area contributed by atoms with Gasteiger partial charge in [0.25, 0.3) is 0 Å². The van der Waals surface area contributed by atoms with Crippen molar-refractivity contribution < 1.29 is 19.0 Å². The Balaban J connectivity index is 1.77. The molecule has 0 saturated carbocycles. The quantitative estimate of drug-likeness (QED) is 0.457. The van der Waals surface area contributed by atoms with Crippen molar-refractivity contribution in [3.05, 3.63) is 54.1 Å². The summed E-state index contributed by atoms with van der Waals surface area (Å²) in [4.78, 5) is 23.0.